The third-order valence-electron chi connectivity index (χ3n) is 4.35. The van der Waals surface area contributed by atoms with Crippen LogP contribution in [0, 0.1) is 18.8 Å². The van der Waals surface area contributed by atoms with Gasteiger partial charge in [-0.05, 0) is 37.3 Å². The SMILES string of the molecule is CCC1C2CNCC2CN1C(=O)c1ccc(C)o1. The number of hydrogen-bond donors (Lipinski definition) is 1. The molecule has 0 aromatic carbocycles. The number of furan rings is 1. The molecule has 1 aromatic rings. The molecule has 3 rings (SSSR count). The lowest BCUT2D eigenvalue weighted by molar-refractivity contribution is 0.0678. The maximum Gasteiger partial charge on any atom is 0.289 e. The number of nitrogens with zero attached hydrogens (tertiary/aromatic N) is 1. The second kappa shape index (κ2) is 4.43. The fraction of sp³-hybridized carbons (Fsp3) is 0.643. The van der Waals surface area contributed by atoms with Gasteiger partial charge in [0.05, 0.1) is 0 Å². The van der Waals surface area contributed by atoms with E-state index < -0.39 is 0 Å². The normalized spacial score (nSPS) is 30.8. The van der Waals surface area contributed by atoms with Crippen molar-refractivity contribution in [2.45, 2.75) is 26.3 Å². The zero-order chi connectivity index (χ0) is 12.7. The zero-order valence-corrected chi connectivity index (χ0v) is 11.0. The van der Waals surface area contributed by atoms with Crippen LogP contribution in [0.2, 0.25) is 0 Å². The van der Waals surface area contributed by atoms with Gasteiger partial charge in [0, 0.05) is 25.7 Å². The molecule has 0 radical (unpaired) electrons. The number of fused-ring (bicyclic) bond motifs is 1. The molecule has 0 aliphatic carbocycles. The first-order chi connectivity index (χ1) is 8.70. The third-order valence-corrected chi connectivity index (χ3v) is 4.35. The van der Waals surface area contributed by atoms with Crippen LogP contribution in [0.5, 0.6) is 0 Å². The van der Waals surface area contributed by atoms with Gasteiger partial charge < -0.3 is 14.6 Å². The lowest BCUT2D eigenvalue weighted by atomic mass is 9.93. The molecule has 1 N–H and O–H groups in total. The molecular formula is C14H20N2O2. The zero-order valence-electron chi connectivity index (χ0n) is 11.0. The van der Waals surface area contributed by atoms with Crippen molar-refractivity contribution >= 4 is 5.91 Å². The van der Waals surface area contributed by atoms with Crippen LogP contribution in [0.4, 0.5) is 0 Å². The Hall–Kier alpha value is -1.29. The van der Waals surface area contributed by atoms with Gasteiger partial charge in [-0.3, -0.25) is 4.79 Å². The highest BCUT2D eigenvalue weighted by atomic mass is 16.3. The molecule has 2 saturated heterocycles. The monoisotopic (exact) mass is 248 g/mol. The molecule has 3 heterocycles. The van der Waals surface area contributed by atoms with E-state index in [0.29, 0.717) is 23.6 Å². The molecule has 4 nitrogen and oxygen atoms in total. The van der Waals surface area contributed by atoms with Crippen LogP contribution in [0.1, 0.15) is 29.7 Å². The molecule has 3 atom stereocenters. The molecule has 2 aliphatic heterocycles. The number of hydrogen-bond acceptors (Lipinski definition) is 3. The Morgan fingerprint density at radius 2 is 2.33 bits per heavy atom. The van der Waals surface area contributed by atoms with Gasteiger partial charge in [0.2, 0.25) is 0 Å². The molecule has 1 aromatic heterocycles. The quantitative estimate of drug-likeness (QED) is 0.865. The van der Waals surface area contributed by atoms with Gasteiger partial charge in [-0.2, -0.15) is 0 Å². The predicted octanol–water partition coefficient (Wildman–Crippen LogP) is 1.66. The first kappa shape index (κ1) is 11.8. The first-order valence-electron chi connectivity index (χ1n) is 6.78. The van der Waals surface area contributed by atoms with Crippen LogP contribution in [0.15, 0.2) is 16.5 Å². The van der Waals surface area contributed by atoms with Crippen molar-refractivity contribution in [2.24, 2.45) is 11.8 Å². The summed E-state index contributed by atoms with van der Waals surface area (Å²) in [6, 6.07) is 4.01. The van der Waals surface area contributed by atoms with Crippen LogP contribution >= 0.6 is 0 Å². The molecule has 18 heavy (non-hydrogen) atoms. The van der Waals surface area contributed by atoms with Crippen LogP contribution in [0.3, 0.4) is 0 Å². The summed E-state index contributed by atoms with van der Waals surface area (Å²) in [7, 11) is 0. The van der Waals surface area contributed by atoms with Gasteiger partial charge in [-0.15, -0.1) is 0 Å². The fourth-order valence-corrected chi connectivity index (χ4v) is 3.47. The molecule has 0 saturated carbocycles. The van der Waals surface area contributed by atoms with Gasteiger partial charge in [-0.1, -0.05) is 6.92 Å². The van der Waals surface area contributed by atoms with E-state index in [4.69, 9.17) is 4.42 Å². The fourth-order valence-electron chi connectivity index (χ4n) is 3.47. The van der Waals surface area contributed by atoms with Crippen molar-refractivity contribution in [2.75, 3.05) is 19.6 Å². The summed E-state index contributed by atoms with van der Waals surface area (Å²) in [4.78, 5) is 14.5. The Morgan fingerprint density at radius 3 is 3.00 bits per heavy atom. The van der Waals surface area contributed by atoms with Crippen molar-refractivity contribution in [1.82, 2.24) is 10.2 Å². The van der Waals surface area contributed by atoms with E-state index in [0.717, 1.165) is 31.8 Å². The van der Waals surface area contributed by atoms with Crippen molar-refractivity contribution in [3.8, 4) is 0 Å². The number of carbonyl (C=O) groups is 1. The summed E-state index contributed by atoms with van der Waals surface area (Å²) in [6.07, 6.45) is 1.02. The topological polar surface area (TPSA) is 45.5 Å². The van der Waals surface area contributed by atoms with Crippen LogP contribution < -0.4 is 5.32 Å². The number of amides is 1. The summed E-state index contributed by atoms with van der Waals surface area (Å²) in [6.45, 7) is 7.00. The van der Waals surface area contributed by atoms with E-state index in [9.17, 15) is 4.79 Å². The highest BCUT2D eigenvalue weighted by Gasteiger charge is 2.45. The molecule has 3 unspecified atom stereocenters. The average molecular weight is 248 g/mol. The van der Waals surface area contributed by atoms with E-state index in [2.05, 4.69) is 12.2 Å². The minimum Gasteiger partial charge on any atom is -0.456 e. The number of aryl methyl sites for hydroxylation is 1. The van der Waals surface area contributed by atoms with Gasteiger partial charge in [0.1, 0.15) is 5.76 Å². The number of nitrogens with one attached hydrogen (secondary N) is 1. The Morgan fingerprint density at radius 1 is 1.50 bits per heavy atom. The maximum absolute atomic E-state index is 12.5. The highest BCUT2D eigenvalue weighted by molar-refractivity contribution is 5.92. The summed E-state index contributed by atoms with van der Waals surface area (Å²) >= 11 is 0. The van der Waals surface area contributed by atoms with Crippen LogP contribution in [-0.2, 0) is 0 Å². The Bertz CT molecular complexity index is 454. The van der Waals surface area contributed by atoms with Crippen molar-refractivity contribution in [3.63, 3.8) is 0 Å². The highest BCUT2D eigenvalue weighted by Crippen LogP contribution is 2.35. The molecule has 2 aliphatic rings. The van der Waals surface area contributed by atoms with E-state index >= 15 is 0 Å². The Balaban J connectivity index is 1.81. The van der Waals surface area contributed by atoms with Gasteiger partial charge in [0.25, 0.3) is 5.91 Å². The molecule has 4 heteroatoms. The van der Waals surface area contributed by atoms with Crippen LogP contribution in [-0.4, -0.2) is 36.5 Å². The molecule has 98 valence electrons. The van der Waals surface area contributed by atoms with Gasteiger partial charge in [-0.25, -0.2) is 0 Å². The number of carbonyl (C=O) groups excluding carboxylic acids is 1. The third kappa shape index (κ3) is 1.75. The standard InChI is InChI=1S/C14H20N2O2/c1-3-12-11-7-15-6-10(11)8-16(12)14(17)13-5-4-9(2)18-13/h4-5,10-12,15H,3,6-8H2,1-2H3. The smallest absolute Gasteiger partial charge is 0.289 e. The number of likely N-dealkylation sites (tertiary alicyclic amines) is 1. The second-order valence-electron chi connectivity index (χ2n) is 5.43. The Kier molecular flexibility index (Phi) is 2.90. The lowest BCUT2D eigenvalue weighted by Gasteiger charge is -2.26. The second-order valence-corrected chi connectivity index (χ2v) is 5.43. The number of rotatable bonds is 2. The van der Waals surface area contributed by atoms with Crippen molar-refractivity contribution in [1.29, 1.82) is 0 Å². The summed E-state index contributed by atoms with van der Waals surface area (Å²) in [5, 5.41) is 3.43. The van der Waals surface area contributed by atoms with Crippen molar-refractivity contribution < 1.29 is 9.21 Å². The van der Waals surface area contributed by atoms with E-state index in [1.54, 1.807) is 6.07 Å². The molecule has 1 amide bonds. The Labute approximate surface area is 107 Å². The predicted molar refractivity (Wildman–Crippen MR) is 68.4 cm³/mol. The molecular weight excluding hydrogens is 228 g/mol. The molecule has 2 fully saturated rings. The maximum atomic E-state index is 12.5. The van der Waals surface area contributed by atoms with E-state index in [1.807, 2.05) is 17.9 Å². The van der Waals surface area contributed by atoms with Gasteiger partial charge >= 0.3 is 0 Å². The van der Waals surface area contributed by atoms with E-state index in [1.165, 1.54) is 0 Å². The van der Waals surface area contributed by atoms with E-state index in [-0.39, 0.29) is 5.91 Å². The first-order valence-corrected chi connectivity index (χ1v) is 6.78. The molecule has 0 spiro atoms. The van der Waals surface area contributed by atoms with Gasteiger partial charge in [0.15, 0.2) is 5.76 Å². The minimum absolute atomic E-state index is 0.0596. The lowest BCUT2D eigenvalue weighted by Crippen LogP contribution is -2.39. The molecule has 0 bridgehead atoms. The summed E-state index contributed by atoms with van der Waals surface area (Å²) in [5.74, 6) is 2.58. The largest absolute Gasteiger partial charge is 0.456 e. The summed E-state index contributed by atoms with van der Waals surface area (Å²) < 4.78 is 5.47. The van der Waals surface area contributed by atoms with Crippen molar-refractivity contribution in [3.05, 3.63) is 23.7 Å². The average Bonchev–Trinajstić information content (AvgIpc) is 3.01. The van der Waals surface area contributed by atoms with Crippen LogP contribution in [0.25, 0.3) is 0 Å². The summed E-state index contributed by atoms with van der Waals surface area (Å²) in [5.41, 5.74) is 0. The minimum atomic E-state index is 0.0596.